The average Bonchev–Trinajstić information content (AvgIpc) is 2.64. The third-order valence-electron chi connectivity index (χ3n) is 5.35. The normalized spacial score (nSPS) is 22.7. The predicted octanol–water partition coefficient (Wildman–Crippen LogP) is 3.06. The van der Waals surface area contributed by atoms with E-state index in [1.807, 2.05) is 32.0 Å². The van der Waals surface area contributed by atoms with Crippen molar-refractivity contribution in [1.82, 2.24) is 15.6 Å². The highest BCUT2D eigenvalue weighted by molar-refractivity contribution is 5.88. The third kappa shape index (κ3) is 5.83. The number of hydrogen-bond acceptors (Lipinski definition) is 3. The van der Waals surface area contributed by atoms with Gasteiger partial charge in [-0.2, -0.15) is 0 Å². The Bertz CT molecular complexity index is 553. The van der Waals surface area contributed by atoms with E-state index in [-0.39, 0.29) is 23.7 Å². The highest BCUT2D eigenvalue weighted by Crippen LogP contribution is 2.28. The number of aromatic nitrogens is 1. The van der Waals surface area contributed by atoms with Gasteiger partial charge in [0.05, 0.1) is 12.2 Å². The molecule has 1 aromatic heterocycles. The summed E-state index contributed by atoms with van der Waals surface area (Å²) >= 11 is 0. The molecule has 2 atom stereocenters. The molecule has 1 aliphatic rings. The van der Waals surface area contributed by atoms with Crippen molar-refractivity contribution >= 4 is 11.8 Å². The van der Waals surface area contributed by atoms with E-state index in [0.717, 1.165) is 37.8 Å². The lowest BCUT2D eigenvalue weighted by atomic mass is 9.82. The fraction of sp³-hybridized carbons (Fsp3) is 0.650. The van der Waals surface area contributed by atoms with Gasteiger partial charge in [-0.15, -0.1) is 0 Å². The van der Waals surface area contributed by atoms with E-state index in [9.17, 15) is 9.59 Å². The van der Waals surface area contributed by atoms with Gasteiger partial charge in [0.15, 0.2) is 0 Å². The maximum atomic E-state index is 12.6. The minimum atomic E-state index is -0.486. The molecular weight excluding hydrogens is 314 g/mol. The standard InChI is InChI=1S/C20H31N3O2/c1-4-15(3)18(20(25)22-13-17-7-5-6-12-21-17)23-19(24)16-10-8-14(2)9-11-16/h5-7,12,14-16,18H,4,8-11,13H2,1-3H3,(H,22,25)(H,23,24)/t14?,15-,16?,18-/m1/s1. The van der Waals surface area contributed by atoms with Crippen LogP contribution < -0.4 is 10.6 Å². The smallest absolute Gasteiger partial charge is 0.243 e. The fourth-order valence-electron chi connectivity index (χ4n) is 3.29. The van der Waals surface area contributed by atoms with Crippen molar-refractivity contribution in [1.29, 1.82) is 0 Å². The van der Waals surface area contributed by atoms with Crippen LogP contribution in [0.5, 0.6) is 0 Å². The molecule has 1 aliphatic carbocycles. The van der Waals surface area contributed by atoms with Crippen molar-refractivity contribution in [2.75, 3.05) is 0 Å². The van der Waals surface area contributed by atoms with Crippen molar-refractivity contribution in [3.05, 3.63) is 30.1 Å². The molecule has 1 aromatic rings. The van der Waals surface area contributed by atoms with Crippen molar-refractivity contribution < 1.29 is 9.59 Å². The number of hydrogen-bond donors (Lipinski definition) is 2. The van der Waals surface area contributed by atoms with Crippen LogP contribution in [0.3, 0.4) is 0 Å². The lowest BCUT2D eigenvalue weighted by Crippen LogP contribution is -2.51. The van der Waals surface area contributed by atoms with E-state index in [2.05, 4.69) is 22.5 Å². The van der Waals surface area contributed by atoms with E-state index in [4.69, 9.17) is 0 Å². The van der Waals surface area contributed by atoms with E-state index in [0.29, 0.717) is 12.5 Å². The highest BCUT2D eigenvalue weighted by Gasteiger charge is 2.30. The molecule has 2 amide bonds. The Morgan fingerprint density at radius 2 is 1.96 bits per heavy atom. The Morgan fingerprint density at radius 3 is 2.56 bits per heavy atom. The molecule has 1 heterocycles. The first-order valence-electron chi connectivity index (χ1n) is 9.49. The van der Waals surface area contributed by atoms with E-state index in [1.165, 1.54) is 0 Å². The second kappa shape index (κ2) is 9.54. The Labute approximate surface area is 151 Å². The summed E-state index contributed by atoms with van der Waals surface area (Å²) in [6.07, 6.45) is 6.59. The Morgan fingerprint density at radius 1 is 1.24 bits per heavy atom. The topological polar surface area (TPSA) is 71.1 Å². The number of nitrogens with zero attached hydrogens (tertiary/aromatic N) is 1. The van der Waals surface area contributed by atoms with E-state index < -0.39 is 6.04 Å². The number of nitrogens with one attached hydrogen (secondary N) is 2. The third-order valence-corrected chi connectivity index (χ3v) is 5.35. The summed E-state index contributed by atoms with van der Waals surface area (Å²) in [5, 5.41) is 5.93. The van der Waals surface area contributed by atoms with Crippen LogP contribution in [0.4, 0.5) is 0 Å². The van der Waals surface area contributed by atoms with E-state index >= 15 is 0 Å². The predicted molar refractivity (Wildman–Crippen MR) is 98.6 cm³/mol. The SMILES string of the molecule is CC[C@@H](C)[C@@H](NC(=O)C1CCC(C)CC1)C(=O)NCc1ccccn1. The van der Waals surface area contributed by atoms with Gasteiger partial charge in [-0.05, 0) is 49.7 Å². The number of carbonyl (C=O) groups is 2. The first-order chi connectivity index (χ1) is 12.0. The summed E-state index contributed by atoms with van der Waals surface area (Å²) in [4.78, 5) is 29.5. The quantitative estimate of drug-likeness (QED) is 0.798. The zero-order valence-corrected chi connectivity index (χ0v) is 15.6. The minimum Gasteiger partial charge on any atom is -0.349 e. The lowest BCUT2D eigenvalue weighted by molar-refractivity contribution is -0.133. The molecule has 0 aliphatic heterocycles. The molecule has 0 bridgehead atoms. The maximum absolute atomic E-state index is 12.6. The molecule has 5 nitrogen and oxygen atoms in total. The lowest BCUT2D eigenvalue weighted by Gasteiger charge is -2.29. The number of amides is 2. The molecule has 0 spiro atoms. The first-order valence-corrected chi connectivity index (χ1v) is 9.49. The summed E-state index contributed by atoms with van der Waals surface area (Å²) in [6, 6.07) is 5.13. The molecule has 5 heteroatoms. The number of rotatable bonds is 7. The number of pyridine rings is 1. The highest BCUT2D eigenvalue weighted by atomic mass is 16.2. The molecule has 0 aromatic carbocycles. The monoisotopic (exact) mass is 345 g/mol. The zero-order chi connectivity index (χ0) is 18.2. The summed E-state index contributed by atoms with van der Waals surface area (Å²) in [5.41, 5.74) is 0.811. The molecular formula is C20H31N3O2. The summed E-state index contributed by atoms with van der Waals surface area (Å²) < 4.78 is 0. The Hall–Kier alpha value is -1.91. The molecule has 0 unspecified atom stereocenters. The van der Waals surface area contributed by atoms with Crippen LogP contribution >= 0.6 is 0 Å². The fourth-order valence-corrected chi connectivity index (χ4v) is 3.29. The van der Waals surface area contributed by atoms with Crippen LogP contribution in [0, 0.1) is 17.8 Å². The van der Waals surface area contributed by atoms with Crippen molar-refractivity contribution in [2.24, 2.45) is 17.8 Å². The summed E-state index contributed by atoms with van der Waals surface area (Å²) in [7, 11) is 0. The first kappa shape index (κ1) is 19.4. The summed E-state index contributed by atoms with van der Waals surface area (Å²) in [5.74, 6) is 0.750. The van der Waals surface area contributed by atoms with Gasteiger partial charge >= 0.3 is 0 Å². The second-order valence-electron chi connectivity index (χ2n) is 7.37. The maximum Gasteiger partial charge on any atom is 0.243 e. The number of carbonyl (C=O) groups excluding carboxylic acids is 2. The second-order valence-corrected chi connectivity index (χ2v) is 7.37. The molecule has 2 N–H and O–H groups in total. The molecule has 1 fully saturated rings. The van der Waals surface area contributed by atoms with Gasteiger partial charge < -0.3 is 10.6 Å². The molecule has 0 radical (unpaired) electrons. The van der Waals surface area contributed by atoms with Gasteiger partial charge in [0, 0.05) is 12.1 Å². The van der Waals surface area contributed by atoms with Gasteiger partial charge in [-0.1, -0.05) is 33.3 Å². The van der Waals surface area contributed by atoms with Crippen LogP contribution in [0.25, 0.3) is 0 Å². The van der Waals surface area contributed by atoms with Crippen LogP contribution in [0.1, 0.15) is 58.6 Å². The van der Waals surface area contributed by atoms with Crippen LogP contribution in [-0.4, -0.2) is 22.8 Å². The molecule has 0 saturated heterocycles. The molecule has 138 valence electrons. The summed E-state index contributed by atoms with van der Waals surface area (Å²) in [6.45, 7) is 6.66. The van der Waals surface area contributed by atoms with Crippen LogP contribution in [0.2, 0.25) is 0 Å². The molecule has 25 heavy (non-hydrogen) atoms. The van der Waals surface area contributed by atoms with Crippen molar-refractivity contribution in [3.63, 3.8) is 0 Å². The van der Waals surface area contributed by atoms with Gasteiger partial charge in [0.1, 0.15) is 6.04 Å². The van der Waals surface area contributed by atoms with Crippen molar-refractivity contribution in [2.45, 2.75) is 65.5 Å². The zero-order valence-electron chi connectivity index (χ0n) is 15.6. The molecule has 1 saturated carbocycles. The van der Waals surface area contributed by atoms with E-state index in [1.54, 1.807) is 6.20 Å². The van der Waals surface area contributed by atoms with Crippen LogP contribution in [-0.2, 0) is 16.1 Å². The minimum absolute atomic E-state index is 0.0326. The van der Waals surface area contributed by atoms with Crippen LogP contribution in [0.15, 0.2) is 24.4 Å². The Kier molecular flexibility index (Phi) is 7.41. The van der Waals surface area contributed by atoms with Gasteiger partial charge in [0.2, 0.25) is 11.8 Å². The largest absolute Gasteiger partial charge is 0.349 e. The Balaban J connectivity index is 1.93. The van der Waals surface area contributed by atoms with Gasteiger partial charge in [-0.25, -0.2) is 0 Å². The van der Waals surface area contributed by atoms with Crippen molar-refractivity contribution in [3.8, 4) is 0 Å². The average molecular weight is 345 g/mol. The van der Waals surface area contributed by atoms with Gasteiger partial charge in [-0.3, -0.25) is 14.6 Å². The molecule has 2 rings (SSSR count). The van der Waals surface area contributed by atoms with Gasteiger partial charge in [0.25, 0.3) is 0 Å².